The monoisotopic (exact) mass is 345 g/mol. The molecule has 0 bridgehead atoms. The second-order valence-corrected chi connectivity index (χ2v) is 7.43. The molecular weight excluding hydrogens is 314 g/mol. The van der Waals surface area contributed by atoms with Crippen LogP contribution in [0.1, 0.15) is 50.5 Å². The van der Waals surface area contributed by atoms with E-state index in [1.165, 1.54) is 24.8 Å². The van der Waals surface area contributed by atoms with Crippen molar-refractivity contribution in [3.05, 3.63) is 29.8 Å². The van der Waals surface area contributed by atoms with Crippen LogP contribution in [0.2, 0.25) is 0 Å². The van der Waals surface area contributed by atoms with Crippen molar-refractivity contribution in [2.75, 3.05) is 33.4 Å². The van der Waals surface area contributed by atoms with Crippen molar-refractivity contribution in [1.29, 1.82) is 0 Å². The van der Waals surface area contributed by atoms with Gasteiger partial charge in [0.25, 0.3) is 0 Å². The normalized spacial score (nSPS) is 21.8. The molecule has 1 aliphatic carbocycles. The number of piperidine rings is 1. The second kappa shape index (κ2) is 8.70. The maximum absolute atomic E-state index is 12.9. The Balaban J connectivity index is 1.60. The first-order valence-electron chi connectivity index (χ1n) is 9.70. The molecule has 1 saturated heterocycles. The Morgan fingerprint density at radius 1 is 1.24 bits per heavy atom. The Hall–Kier alpha value is -1.55. The summed E-state index contributed by atoms with van der Waals surface area (Å²) < 4.78 is 10.8. The van der Waals surface area contributed by atoms with Gasteiger partial charge in [0.1, 0.15) is 5.75 Å². The number of ether oxygens (including phenoxy) is 2. The molecule has 2 fully saturated rings. The van der Waals surface area contributed by atoms with Gasteiger partial charge < -0.3 is 14.4 Å². The van der Waals surface area contributed by atoms with Crippen LogP contribution in [0.5, 0.6) is 5.75 Å². The van der Waals surface area contributed by atoms with Crippen LogP contribution in [0, 0.1) is 11.8 Å². The highest BCUT2D eigenvalue weighted by atomic mass is 16.5. The Bertz CT molecular complexity index is 553. The van der Waals surface area contributed by atoms with E-state index < -0.39 is 0 Å². The summed E-state index contributed by atoms with van der Waals surface area (Å²) in [5, 5.41) is 0. The van der Waals surface area contributed by atoms with Crippen molar-refractivity contribution in [3.63, 3.8) is 0 Å². The van der Waals surface area contributed by atoms with Crippen molar-refractivity contribution < 1.29 is 14.3 Å². The second-order valence-electron chi connectivity index (χ2n) is 7.43. The first kappa shape index (κ1) is 18.2. The fourth-order valence-electron chi connectivity index (χ4n) is 3.94. The third kappa shape index (κ3) is 4.97. The lowest BCUT2D eigenvalue weighted by molar-refractivity contribution is -0.134. The van der Waals surface area contributed by atoms with E-state index >= 15 is 0 Å². The van der Waals surface area contributed by atoms with E-state index in [9.17, 15) is 4.79 Å². The molecule has 1 aromatic carbocycles. The number of benzene rings is 1. The number of rotatable bonds is 8. The van der Waals surface area contributed by atoms with Gasteiger partial charge >= 0.3 is 0 Å². The van der Waals surface area contributed by atoms with Crippen LogP contribution >= 0.6 is 0 Å². The van der Waals surface area contributed by atoms with E-state index in [1.807, 2.05) is 19.1 Å². The summed E-state index contributed by atoms with van der Waals surface area (Å²) >= 11 is 0. The largest absolute Gasteiger partial charge is 0.497 e. The van der Waals surface area contributed by atoms with E-state index in [4.69, 9.17) is 9.47 Å². The number of carbonyl (C=O) groups excluding carboxylic acids is 1. The molecule has 1 aromatic rings. The SMILES string of the molecule is CCOCC1CCCN(C(=O)CC(c2ccc(OC)cc2)C2CC2)C1. The number of amides is 1. The number of methoxy groups -OCH3 is 1. The number of hydrogen-bond donors (Lipinski definition) is 0. The molecule has 2 atom stereocenters. The van der Waals surface area contributed by atoms with E-state index in [0.29, 0.717) is 30.1 Å². The number of hydrogen-bond acceptors (Lipinski definition) is 3. The molecule has 4 nitrogen and oxygen atoms in total. The fourth-order valence-corrected chi connectivity index (χ4v) is 3.94. The molecular formula is C21H31NO3. The fraction of sp³-hybridized carbons (Fsp3) is 0.667. The number of likely N-dealkylation sites (tertiary alicyclic amines) is 1. The Kier molecular flexibility index (Phi) is 6.35. The highest BCUT2D eigenvalue weighted by Gasteiger charge is 2.35. The van der Waals surface area contributed by atoms with Gasteiger partial charge in [0.05, 0.1) is 13.7 Å². The molecule has 2 aliphatic rings. The van der Waals surface area contributed by atoms with Gasteiger partial charge in [-0.25, -0.2) is 0 Å². The summed E-state index contributed by atoms with van der Waals surface area (Å²) in [6.45, 7) is 5.33. The molecule has 1 heterocycles. The minimum absolute atomic E-state index is 0.314. The van der Waals surface area contributed by atoms with Gasteiger partial charge in [-0.05, 0) is 68.1 Å². The lowest BCUT2D eigenvalue weighted by atomic mass is 9.89. The summed E-state index contributed by atoms with van der Waals surface area (Å²) in [6, 6.07) is 8.27. The first-order chi connectivity index (χ1) is 12.2. The van der Waals surface area contributed by atoms with Gasteiger partial charge in [-0.1, -0.05) is 12.1 Å². The molecule has 25 heavy (non-hydrogen) atoms. The van der Waals surface area contributed by atoms with Crippen LogP contribution in [0.4, 0.5) is 0 Å². The summed E-state index contributed by atoms with van der Waals surface area (Å²) in [6.07, 6.45) is 5.40. The molecule has 3 rings (SSSR count). The lowest BCUT2D eigenvalue weighted by Gasteiger charge is -2.33. The van der Waals surface area contributed by atoms with Crippen molar-refractivity contribution in [1.82, 2.24) is 4.90 Å². The van der Waals surface area contributed by atoms with Gasteiger partial charge in [0.2, 0.25) is 5.91 Å². The van der Waals surface area contributed by atoms with Crippen LogP contribution in [0.3, 0.4) is 0 Å². The average molecular weight is 345 g/mol. The summed E-state index contributed by atoms with van der Waals surface area (Å²) in [5.74, 6) is 2.71. The highest BCUT2D eigenvalue weighted by Crippen LogP contribution is 2.45. The van der Waals surface area contributed by atoms with Gasteiger partial charge in [0, 0.05) is 26.1 Å². The molecule has 1 aliphatic heterocycles. The van der Waals surface area contributed by atoms with Gasteiger partial charge in [0.15, 0.2) is 0 Å². The zero-order valence-electron chi connectivity index (χ0n) is 15.6. The molecule has 0 spiro atoms. The van der Waals surface area contributed by atoms with E-state index in [0.717, 1.165) is 38.5 Å². The van der Waals surface area contributed by atoms with Crippen molar-refractivity contribution in [2.45, 2.75) is 44.9 Å². The summed E-state index contributed by atoms with van der Waals surface area (Å²) in [7, 11) is 1.69. The number of carbonyl (C=O) groups is 1. The minimum Gasteiger partial charge on any atom is -0.497 e. The van der Waals surface area contributed by atoms with Gasteiger partial charge in [-0.2, -0.15) is 0 Å². The zero-order valence-corrected chi connectivity index (χ0v) is 15.6. The molecule has 2 unspecified atom stereocenters. The zero-order chi connectivity index (χ0) is 17.6. The van der Waals surface area contributed by atoms with Gasteiger partial charge in [-0.15, -0.1) is 0 Å². The predicted molar refractivity (Wildman–Crippen MR) is 98.9 cm³/mol. The van der Waals surface area contributed by atoms with E-state index in [-0.39, 0.29) is 0 Å². The minimum atomic E-state index is 0.314. The smallest absolute Gasteiger partial charge is 0.223 e. The molecule has 4 heteroatoms. The van der Waals surface area contributed by atoms with Gasteiger partial charge in [-0.3, -0.25) is 4.79 Å². The predicted octanol–water partition coefficient (Wildman–Crippen LogP) is 3.85. The molecule has 0 aromatic heterocycles. The van der Waals surface area contributed by atoms with Crippen LogP contribution in [-0.2, 0) is 9.53 Å². The average Bonchev–Trinajstić information content (AvgIpc) is 3.49. The van der Waals surface area contributed by atoms with E-state index in [2.05, 4.69) is 17.0 Å². The van der Waals surface area contributed by atoms with Crippen molar-refractivity contribution in [3.8, 4) is 5.75 Å². The lowest BCUT2D eigenvalue weighted by Crippen LogP contribution is -2.41. The summed E-state index contributed by atoms with van der Waals surface area (Å²) in [4.78, 5) is 15.0. The van der Waals surface area contributed by atoms with E-state index in [1.54, 1.807) is 7.11 Å². The summed E-state index contributed by atoms with van der Waals surface area (Å²) in [5.41, 5.74) is 1.28. The Labute approximate surface area is 151 Å². The topological polar surface area (TPSA) is 38.8 Å². The van der Waals surface area contributed by atoms with Crippen molar-refractivity contribution in [2.24, 2.45) is 11.8 Å². The molecule has 1 saturated carbocycles. The van der Waals surface area contributed by atoms with Crippen LogP contribution in [0.15, 0.2) is 24.3 Å². The molecule has 0 radical (unpaired) electrons. The molecule has 0 N–H and O–H groups in total. The maximum atomic E-state index is 12.9. The highest BCUT2D eigenvalue weighted by molar-refractivity contribution is 5.77. The first-order valence-corrected chi connectivity index (χ1v) is 9.70. The third-order valence-electron chi connectivity index (χ3n) is 5.56. The maximum Gasteiger partial charge on any atom is 0.223 e. The standard InChI is InChI=1S/C21H31NO3/c1-3-25-15-16-5-4-12-22(14-16)21(23)13-20(17-6-7-17)18-8-10-19(24-2)11-9-18/h8-11,16-17,20H,3-7,12-15H2,1-2H3. The van der Waals surface area contributed by atoms with Crippen LogP contribution < -0.4 is 4.74 Å². The number of nitrogens with zero attached hydrogens (tertiary/aromatic N) is 1. The van der Waals surface area contributed by atoms with Crippen molar-refractivity contribution >= 4 is 5.91 Å². The Morgan fingerprint density at radius 3 is 2.64 bits per heavy atom. The molecule has 1 amide bonds. The Morgan fingerprint density at radius 2 is 2.00 bits per heavy atom. The third-order valence-corrected chi connectivity index (χ3v) is 5.56. The molecule has 138 valence electrons. The quantitative estimate of drug-likeness (QED) is 0.718. The van der Waals surface area contributed by atoms with Crippen LogP contribution in [-0.4, -0.2) is 44.2 Å². The van der Waals surface area contributed by atoms with Crippen LogP contribution in [0.25, 0.3) is 0 Å².